The summed E-state index contributed by atoms with van der Waals surface area (Å²) in [5, 5.41) is 16.1. The Morgan fingerprint density at radius 2 is 2.03 bits per heavy atom. The third-order valence-electron chi connectivity index (χ3n) is 7.38. The number of pyridine rings is 1. The number of nitro groups is 1. The van der Waals surface area contributed by atoms with Crippen LogP contribution >= 0.6 is 27.5 Å². The molecule has 1 amide bonds. The molecule has 1 aromatic carbocycles. The number of amides is 1. The molecule has 2 bridgehead atoms. The van der Waals surface area contributed by atoms with Crippen LogP contribution < -0.4 is 10.2 Å². The molecule has 4 heterocycles. The molecule has 3 saturated heterocycles. The van der Waals surface area contributed by atoms with Crippen molar-refractivity contribution >= 4 is 61.7 Å². The Bertz CT molecular complexity index is 1300. The number of nitrogens with zero attached hydrogens (tertiary/aromatic N) is 5. The first kappa shape index (κ1) is 26.2. The number of ether oxygens (including phenoxy) is 1. The predicted octanol–water partition coefficient (Wildman–Crippen LogP) is 4.87. The van der Waals surface area contributed by atoms with Gasteiger partial charge < -0.3 is 24.8 Å². The lowest BCUT2D eigenvalue weighted by Crippen LogP contribution is -2.58. The molecule has 1 saturated carbocycles. The van der Waals surface area contributed by atoms with E-state index in [1.165, 1.54) is 6.07 Å². The minimum Gasteiger partial charge on any atom is -0.444 e. The smallest absolute Gasteiger partial charge is 0.410 e. The second-order valence-corrected chi connectivity index (χ2v) is 12.4. The van der Waals surface area contributed by atoms with Gasteiger partial charge in [0.1, 0.15) is 16.8 Å². The molecule has 13 heteroatoms. The fourth-order valence-electron chi connectivity index (χ4n) is 5.31. The molecule has 6 rings (SSSR count). The van der Waals surface area contributed by atoms with Crippen LogP contribution in [0.4, 0.5) is 26.4 Å². The maximum atomic E-state index is 15.4. The average molecular weight is 600 g/mol. The summed E-state index contributed by atoms with van der Waals surface area (Å²) in [5.74, 6) is -0.484. The molecule has 2 aromatic rings. The van der Waals surface area contributed by atoms with Crippen LogP contribution in [0.5, 0.6) is 0 Å². The highest BCUT2D eigenvalue weighted by Gasteiger charge is 2.55. The van der Waals surface area contributed by atoms with E-state index in [-0.39, 0.29) is 61.6 Å². The third-order valence-corrected chi connectivity index (χ3v) is 8.69. The minimum absolute atomic E-state index is 0.0108. The lowest BCUT2D eigenvalue weighted by molar-refractivity contribution is -0.383. The summed E-state index contributed by atoms with van der Waals surface area (Å²) in [7, 11) is 3.89. The molecular weight excluding hydrogens is 571 g/mol. The molecule has 0 radical (unpaired) electrons. The highest BCUT2D eigenvalue weighted by molar-refractivity contribution is 9.10. The lowest BCUT2D eigenvalue weighted by atomic mass is 9.79. The van der Waals surface area contributed by atoms with E-state index in [4.69, 9.17) is 16.3 Å². The van der Waals surface area contributed by atoms with Gasteiger partial charge >= 0.3 is 11.8 Å². The van der Waals surface area contributed by atoms with Crippen molar-refractivity contribution in [2.45, 2.75) is 50.9 Å². The highest BCUT2D eigenvalue weighted by atomic mass is 79.9. The minimum atomic E-state index is -0.682. The van der Waals surface area contributed by atoms with Crippen molar-refractivity contribution < 1.29 is 18.8 Å². The molecule has 10 nitrogen and oxygen atoms in total. The van der Waals surface area contributed by atoms with E-state index in [0.717, 1.165) is 6.42 Å². The Hall–Kier alpha value is -2.44. The number of aromatic nitrogens is 1. The Morgan fingerprint density at radius 3 is 2.62 bits per heavy atom. The second kappa shape index (κ2) is 9.09. The number of hydrogen-bond donors (Lipinski definition) is 1. The number of nitrogens with one attached hydrogen (secondary N) is 1. The molecule has 3 aliphatic heterocycles. The molecule has 1 N–H and O–H groups in total. The number of carbonyl (C=O) groups excluding carboxylic acids is 1. The molecule has 1 aliphatic carbocycles. The van der Waals surface area contributed by atoms with Gasteiger partial charge in [-0.25, -0.2) is 14.2 Å². The highest BCUT2D eigenvalue weighted by Crippen LogP contribution is 2.49. The molecular formula is C24H29BrClFN6O4. The monoisotopic (exact) mass is 598 g/mol. The van der Waals surface area contributed by atoms with Crippen molar-refractivity contribution in [2.75, 3.05) is 43.9 Å². The van der Waals surface area contributed by atoms with Crippen LogP contribution in [0.15, 0.2) is 10.5 Å². The maximum Gasteiger partial charge on any atom is 0.410 e. The van der Waals surface area contributed by atoms with E-state index < -0.39 is 22.4 Å². The molecule has 3 atom stereocenters. The largest absolute Gasteiger partial charge is 0.444 e. The van der Waals surface area contributed by atoms with E-state index >= 15 is 4.39 Å². The standard InChI is InChI=1S/C24H29BrClFN6O4/c1-24(2,3)37-23(34)32-8-11-6-15(32)18(11)28-20-13-7-14(26)16(25)17(27)19(13)29-22(21(20)33(35)36)31-9-12(10-31)30(4)5/h7,11-12,15,18H,6,8-10H2,1-5H3,(H,28,29)/t11-,15-,18?/m1/s1. The quantitative estimate of drug-likeness (QED) is 0.295. The number of halogens is 3. The van der Waals surface area contributed by atoms with Crippen LogP contribution in [0.25, 0.3) is 10.9 Å². The van der Waals surface area contributed by atoms with Crippen LogP contribution in [0.2, 0.25) is 5.02 Å². The Kier molecular flexibility index (Phi) is 6.43. The number of fused-ring (bicyclic) bond motifs is 2. The normalized spacial score (nSPS) is 23.3. The van der Waals surface area contributed by atoms with Gasteiger partial charge in [0.25, 0.3) is 0 Å². The summed E-state index contributed by atoms with van der Waals surface area (Å²) in [5.41, 5.74) is -0.705. The molecule has 37 heavy (non-hydrogen) atoms. The van der Waals surface area contributed by atoms with Crippen molar-refractivity contribution in [1.82, 2.24) is 14.8 Å². The second-order valence-electron chi connectivity index (χ2n) is 11.2. The van der Waals surface area contributed by atoms with E-state index in [1.54, 1.807) is 9.80 Å². The number of likely N-dealkylation sites (N-methyl/N-ethyl adjacent to an activating group) is 1. The van der Waals surface area contributed by atoms with Gasteiger partial charge in [0.2, 0.25) is 5.82 Å². The number of hydrogen-bond acceptors (Lipinski definition) is 8. The number of rotatable bonds is 5. The SMILES string of the molecule is CN(C)C1CN(c2nc3c(F)c(Br)c(Cl)cc3c(NC3[C@@H]4C[C@H]3N(C(=O)OC(C)(C)C)C4)c2[N+](=O)[O-])C1. The van der Waals surface area contributed by atoms with Gasteiger partial charge in [-0.3, -0.25) is 10.1 Å². The fraction of sp³-hybridized carbons (Fsp3) is 0.583. The first-order valence-corrected chi connectivity index (χ1v) is 13.3. The lowest BCUT2D eigenvalue weighted by Gasteiger charge is -2.43. The first-order chi connectivity index (χ1) is 17.3. The van der Waals surface area contributed by atoms with Crippen molar-refractivity contribution in [3.8, 4) is 0 Å². The van der Waals surface area contributed by atoms with Crippen molar-refractivity contribution in [3.63, 3.8) is 0 Å². The molecule has 4 fully saturated rings. The van der Waals surface area contributed by atoms with E-state index in [9.17, 15) is 14.9 Å². The van der Waals surface area contributed by atoms with Gasteiger partial charge in [0.15, 0.2) is 5.82 Å². The fourth-order valence-corrected chi connectivity index (χ4v) is 5.80. The molecule has 4 aliphatic rings. The maximum absolute atomic E-state index is 15.4. The van der Waals surface area contributed by atoms with Crippen molar-refractivity contribution in [2.24, 2.45) is 5.92 Å². The Balaban J connectivity index is 1.56. The molecule has 0 spiro atoms. The zero-order valence-electron chi connectivity index (χ0n) is 21.2. The summed E-state index contributed by atoms with van der Waals surface area (Å²) in [4.78, 5) is 34.7. The zero-order valence-corrected chi connectivity index (χ0v) is 23.6. The number of anilines is 2. The zero-order chi connectivity index (χ0) is 27.0. The average Bonchev–Trinajstić information content (AvgIpc) is 3.34. The van der Waals surface area contributed by atoms with Gasteiger partial charge in [-0.15, -0.1) is 0 Å². The molecule has 200 valence electrons. The van der Waals surface area contributed by atoms with Gasteiger partial charge in [-0.05, 0) is 63.3 Å². The predicted molar refractivity (Wildman–Crippen MR) is 143 cm³/mol. The number of carbonyl (C=O) groups is 1. The first-order valence-electron chi connectivity index (χ1n) is 12.1. The van der Waals surface area contributed by atoms with E-state index in [2.05, 4.69) is 26.2 Å². The van der Waals surface area contributed by atoms with Crippen LogP contribution in [-0.4, -0.2) is 83.3 Å². The van der Waals surface area contributed by atoms with Crippen molar-refractivity contribution in [1.29, 1.82) is 0 Å². The van der Waals surface area contributed by atoms with Crippen LogP contribution in [0.3, 0.4) is 0 Å². The van der Waals surface area contributed by atoms with E-state index in [0.29, 0.717) is 19.6 Å². The summed E-state index contributed by atoms with van der Waals surface area (Å²) >= 11 is 9.44. The van der Waals surface area contributed by atoms with E-state index in [1.807, 2.05) is 39.8 Å². The molecule has 1 unspecified atom stereocenters. The topological polar surface area (TPSA) is 104 Å². The molecule has 1 aromatic heterocycles. The van der Waals surface area contributed by atoms with Gasteiger partial charge in [-0.1, -0.05) is 11.6 Å². The third kappa shape index (κ3) is 4.46. The van der Waals surface area contributed by atoms with Gasteiger partial charge in [0, 0.05) is 37.0 Å². The van der Waals surface area contributed by atoms with Gasteiger partial charge in [-0.2, -0.15) is 0 Å². The summed E-state index contributed by atoms with van der Waals surface area (Å²) in [6.07, 6.45) is 0.352. The van der Waals surface area contributed by atoms with Gasteiger partial charge in [0.05, 0.1) is 26.5 Å². The summed E-state index contributed by atoms with van der Waals surface area (Å²) in [6, 6.07) is 1.26. The number of benzene rings is 1. The van der Waals surface area contributed by atoms with Crippen LogP contribution in [-0.2, 0) is 4.74 Å². The van der Waals surface area contributed by atoms with Crippen LogP contribution in [0, 0.1) is 21.8 Å². The van der Waals surface area contributed by atoms with Crippen LogP contribution in [0.1, 0.15) is 27.2 Å². The Morgan fingerprint density at radius 1 is 1.35 bits per heavy atom. The van der Waals surface area contributed by atoms with Crippen molar-refractivity contribution in [3.05, 3.63) is 31.5 Å². The summed E-state index contributed by atoms with van der Waals surface area (Å²) in [6.45, 7) is 6.97. The Labute approximate surface area is 227 Å². The summed E-state index contributed by atoms with van der Waals surface area (Å²) < 4.78 is 21.0.